The monoisotopic (exact) mass is 1860 g/mol. The van der Waals surface area contributed by atoms with Crippen molar-refractivity contribution in [3.05, 3.63) is 485 Å². The summed E-state index contributed by atoms with van der Waals surface area (Å²) in [5, 5.41) is 14.8. The van der Waals surface area contributed by atoms with Crippen LogP contribution >= 0.6 is 45.3 Å². The molecule has 140 heavy (non-hydrogen) atoms. The molecule has 0 saturated carbocycles. The molecule has 656 valence electrons. The summed E-state index contributed by atoms with van der Waals surface area (Å²) >= 11 is 7.07. The first kappa shape index (κ1) is 84.4. The van der Waals surface area contributed by atoms with E-state index in [1.165, 1.54) is 117 Å². The molecule has 0 aliphatic heterocycles. The van der Waals surface area contributed by atoms with Crippen LogP contribution in [-0.4, -0.2) is 39.9 Å². The summed E-state index contributed by atoms with van der Waals surface area (Å²) < 4.78 is 9.43. The Morgan fingerprint density at radius 1 is 0.129 bits per heavy atom. The fraction of sp³-hybridized carbons (Fsp3) is 0. The topological polar surface area (TPSA) is 103 Å². The maximum atomic E-state index is 5.21. The molecule has 0 amide bonds. The Labute approximate surface area is 823 Å². The zero-order valence-electron chi connectivity index (χ0n) is 75.4. The van der Waals surface area contributed by atoms with Crippen molar-refractivity contribution < 1.29 is 0 Å². The number of rotatable bonds is 12. The van der Waals surface area contributed by atoms with E-state index < -0.39 is 0 Å². The third-order valence-corrected chi connectivity index (χ3v) is 30.6. The van der Waals surface area contributed by atoms with E-state index in [0.29, 0.717) is 0 Å². The number of fused-ring (bicyclic) bond motifs is 19. The van der Waals surface area contributed by atoms with Crippen LogP contribution in [0.1, 0.15) is 0 Å². The standard InChI is InChI=1S/C34H20N2S.2C34H22N2S.C26H16N2S/c1-2-10-21(11-3-1)34-35-31(33-32(36-34)28-16-8-9-17-30(28)37-33)22-18-19-27-25-14-5-4-12-23(25)24-13-6-7-15-26(24)29(27)20-22;1-4-12-23(13-5-1)26-20-27(24-14-6-2-7-15-24)22-28(21-26)31-33-32(29-18-10-11-19-30(29)37-33)36-34(35-31)25-16-8-3-9-17-25;1-4-12-23(13-5-1)26-20-27(24-14-6-2-7-15-24)22-28(21-26)34-35-31(25-16-8-3-9-17-25)33-32(36-34)29-18-10-11-19-30(29)37-33;1-2-10-18(11-3-1)26-27-23(20-15-8-12-17-9-4-5-13-19(17)20)25-24(28-26)21-14-6-7-16-22(21)29-25/h1-20H;2*1-22H;1-16H. The quantitative estimate of drug-likeness (QED) is 0.111. The van der Waals surface area contributed by atoms with Crippen LogP contribution < -0.4 is 0 Å². The van der Waals surface area contributed by atoms with Gasteiger partial charge in [0.1, 0.15) is 0 Å². The van der Waals surface area contributed by atoms with Crippen LogP contribution in [0.3, 0.4) is 0 Å². The molecule has 0 unspecified atom stereocenters. The summed E-state index contributed by atoms with van der Waals surface area (Å²) in [6.07, 6.45) is 0. The van der Waals surface area contributed by atoms with Gasteiger partial charge in [-0.3, -0.25) is 0 Å². The molecule has 20 aromatic carbocycles. The maximum absolute atomic E-state index is 5.21. The van der Waals surface area contributed by atoms with E-state index in [9.17, 15) is 0 Å². The van der Waals surface area contributed by atoms with E-state index in [1.807, 2.05) is 60.7 Å². The van der Waals surface area contributed by atoms with E-state index in [0.717, 1.165) is 143 Å². The third-order valence-electron chi connectivity index (χ3n) is 25.9. The highest BCUT2D eigenvalue weighted by atomic mass is 32.1. The zero-order valence-corrected chi connectivity index (χ0v) is 78.7. The van der Waals surface area contributed by atoms with E-state index in [4.69, 9.17) is 39.9 Å². The smallest absolute Gasteiger partial charge is 0.160 e. The van der Waals surface area contributed by atoms with Crippen molar-refractivity contribution in [2.45, 2.75) is 0 Å². The van der Waals surface area contributed by atoms with Gasteiger partial charge in [-0.2, -0.15) is 0 Å². The number of thiophene rings is 4. The van der Waals surface area contributed by atoms with Gasteiger partial charge in [0.25, 0.3) is 0 Å². The van der Waals surface area contributed by atoms with Crippen LogP contribution in [0, 0.1) is 0 Å². The minimum absolute atomic E-state index is 0.741. The third kappa shape index (κ3) is 16.2. The Hall–Kier alpha value is -17.4. The molecule has 12 heteroatoms. The van der Waals surface area contributed by atoms with Crippen LogP contribution in [0.2, 0.25) is 0 Å². The van der Waals surface area contributed by atoms with Crippen molar-refractivity contribution in [3.8, 4) is 135 Å². The largest absolute Gasteiger partial charge is 0.226 e. The number of aromatic nitrogens is 8. The molecule has 8 nitrogen and oxygen atoms in total. The first-order valence-electron chi connectivity index (χ1n) is 46.7. The highest BCUT2D eigenvalue weighted by Crippen LogP contribution is 2.48. The Bertz CT molecular complexity index is 9390. The maximum Gasteiger partial charge on any atom is 0.160 e. The SMILES string of the molecule is c1ccc(-c2cc(-c3ccccc3)cc(-c3nc(-c4ccccc4)c4sc5ccccc5c4n3)c2)cc1.c1ccc(-c2cc(-c3ccccc3)cc(-c3nc(-c4ccccc4)nc4c3sc3ccccc34)c2)cc1.c1ccc(-c2nc(-c3ccc4c5ccccc5c5ccccc5c4c3)c3sc4ccccc4c3n2)cc1.c1ccc(-c2nc(-c3cccc4ccccc34)c3sc4ccccc4c3n2)cc1. The van der Waals surface area contributed by atoms with Gasteiger partial charge in [0.2, 0.25) is 0 Å². The second-order valence-corrected chi connectivity index (χ2v) is 38.8. The minimum atomic E-state index is 0.741. The molecule has 28 aromatic rings. The van der Waals surface area contributed by atoms with E-state index in [-0.39, 0.29) is 0 Å². The van der Waals surface area contributed by atoms with Gasteiger partial charge in [0.05, 0.1) is 63.6 Å². The number of benzene rings is 20. The Kier molecular flexibility index (Phi) is 22.3. The van der Waals surface area contributed by atoms with E-state index in [2.05, 4.69) is 425 Å². The van der Waals surface area contributed by atoms with Crippen LogP contribution in [-0.2, 0) is 0 Å². The Morgan fingerprint density at radius 2 is 0.371 bits per heavy atom. The fourth-order valence-corrected chi connectivity index (χ4v) is 23.8. The zero-order chi connectivity index (χ0) is 92.8. The van der Waals surface area contributed by atoms with Crippen molar-refractivity contribution >= 4 is 170 Å². The molecule has 0 saturated heterocycles. The molecule has 0 aliphatic rings. The molecule has 0 atom stereocenters. The lowest BCUT2D eigenvalue weighted by Crippen LogP contribution is -1.95. The van der Waals surface area contributed by atoms with Gasteiger partial charge >= 0.3 is 0 Å². The molecule has 0 radical (unpaired) electrons. The van der Waals surface area contributed by atoms with Crippen molar-refractivity contribution in [1.82, 2.24) is 39.9 Å². The van der Waals surface area contributed by atoms with E-state index >= 15 is 0 Å². The number of nitrogens with zero attached hydrogens (tertiary/aromatic N) is 8. The Morgan fingerprint density at radius 3 is 0.736 bits per heavy atom. The normalized spacial score (nSPS) is 11.4. The minimum Gasteiger partial charge on any atom is -0.226 e. The lowest BCUT2D eigenvalue weighted by Gasteiger charge is -2.12. The Balaban J connectivity index is 0.0000000989. The van der Waals surface area contributed by atoms with Crippen molar-refractivity contribution in [1.29, 1.82) is 0 Å². The van der Waals surface area contributed by atoms with Crippen LogP contribution in [0.4, 0.5) is 0 Å². The molecule has 28 rings (SSSR count). The van der Waals surface area contributed by atoms with Gasteiger partial charge in [-0.05, 0) is 154 Å². The van der Waals surface area contributed by atoms with Crippen LogP contribution in [0.25, 0.3) is 259 Å². The summed E-state index contributed by atoms with van der Waals surface area (Å²) in [5.41, 5.74) is 25.9. The molecule has 8 heterocycles. The first-order chi connectivity index (χ1) is 69.4. The lowest BCUT2D eigenvalue weighted by atomic mass is 9.93. The first-order valence-corrected chi connectivity index (χ1v) is 50.0. The summed E-state index contributed by atoms with van der Waals surface area (Å²) in [6.45, 7) is 0. The summed E-state index contributed by atoms with van der Waals surface area (Å²) in [6, 6.07) is 170. The van der Waals surface area contributed by atoms with Gasteiger partial charge in [-0.1, -0.05) is 419 Å². The van der Waals surface area contributed by atoms with Crippen molar-refractivity contribution in [2.24, 2.45) is 0 Å². The van der Waals surface area contributed by atoms with Crippen LogP contribution in [0.5, 0.6) is 0 Å². The predicted octanol–water partition coefficient (Wildman–Crippen LogP) is 36.0. The molecule has 0 spiro atoms. The summed E-state index contributed by atoms with van der Waals surface area (Å²) in [5.74, 6) is 3.02. The van der Waals surface area contributed by atoms with Gasteiger partial charge in [0, 0.05) is 84.9 Å². The van der Waals surface area contributed by atoms with Gasteiger partial charge in [0.15, 0.2) is 23.3 Å². The molecule has 0 N–H and O–H groups in total. The predicted molar refractivity (Wildman–Crippen MR) is 595 cm³/mol. The fourth-order valence-electron chi connectivity index (χ4n) is 19.2. The summed E-state index contributed by atoms with van der Waals surface area (Å²) in [7, 11) is 0. The second-order valence-electron chi connectivity index (χ2n) is 34.6. The number of hydrogen-bond donors (Lipinski definition) is 0. The molecule has 0 aliphatic carbocycles. The summed E-state index contributed by atoms with van der Waals surface area (Å²) in [4.78, 5) is 41.0. The lowest BCUT2D eigenvalue weighted by molar-refractivity contribution is 1.24. The van der Waals surface area contributed by atoms with Gasteiger partial charge in [-0.15, -0.1) is 45.3 Å². The highest BCUT2D eigenvalue weighted by Gasteiger charge is 2.25. The molecular weight excluding hydrogens is 1780 g/mol. The van der Waals surface area contributed by atoms with Crippen molar-refractivity contribution in [2.75, 3.05) is 0 Å². The second kappa shape index (κ2) is 37.0. The molecule has 8 aromatic heterocycles. The van der Waals surface area contributed by atoms with Gasteiger partial charge < -0.3 is 0 Å². The van der Waals surface area contributed by atoms with Crippen LogP contribution in [0.15, 0.2) is 485 Å². The van der Waals surface area contributed by atoms with E-state index in [1.54, 1.807) is 45.3 Å². The van der Waals surface area contributed by atoms with Crippen molar-refractivity contribution in [3.63, 3.8) is 0 Å². The molecular formula is C128H80N8S4. The van der Waals surface area contributed by atoms with Gasteiger partial charge in [-0.25, -0.2) is 39.9 Å². The average Bonchev–Trinajstić information content (AvgIpc) is 1.35. The number of hydrogen-bond acceptors (Lipinski definition) is 12. The highest BCUT2D eigenvalue weighted by molar-refractivity contribution is 7.27. The molecule has 0 fully saturated rings. The average molecular weight is 1860 g/mol. The molecule has 0 bridgehead atoms.